The molecule has 0 heterocycles. The Morgan fingerprint density at radius 2 is 1.45 bits per heavy atom. The van der Waals surface area contributed by atoms with Crippen molar-refractivity contribution in [2.24, 2.45) is 0 Å². The summed E-state index contributed by atoms with van der Waals surface area (Å²) in [4.78, 5) is 10.6. The van der Waals surface area contributed by atoms with Crippen molar-refractivity contribution in [3.8, 4) is 0 Å². The van der Waals surface area contributed by atoms with Crippen LogP contribution in [0.3, 0.4) is 0 Å². The Bertz CT molecular complexity index is 659. The molecule has 0 aliphatic rings. The first-order valence-corrected chi connectivity index (χ1v) is 7.35. The SMILES string of the molecule is CC(=O)c1ccccc1.Cc1ccc(S(=O)(=O)O)cc1. The largest absolute Gasteiger partial charge is 0.295 e. The number of carbonyl (C=O) groups is 1. The van der Waals surface area contributed by atoms with Gasteiger partial charge in [0.15, 0.2) is 5.78 Å². The molecule has 0 atom stereocenters. The van der Waals surface area contributed by atoms with Crippen molar-refractivity contribution in [2.45, 2.75) is 18.7 Å². The maximum atomic E-state index is 10.6. The molecule has 5 heteroatoms. The number of rotatable bonds is 2. The molecule has 2 aromatic rings. The molecule has 0 fully saturated rings. The highest BCUT2D eigenvalue weighted by Crippen LogP contribution is 2.08. The van der Waals surface area contributed by atoms with Gasteiger partial charge < -0.3 is 0 Å². The summed E-state index contributed by atoms with van der Waals surface area (Å²) in [5.74, 6) is 0.121. The van der Waals surface area contributed by atoms with Crippen LogP contribution in [0.5, 0.6) is 0 Å². The Kier molecular flexibility index (Phi) is 5.61. The number of Topliss-reactive ketones (excluding diaryl/α,β-unsaturated/α-hetero) is 1. The fourth-order valence-electron chi connectivity index (χ4n) is 1.38. The van der Waals surface area contributed by atoms with E-state index in [1.165, 1.54) is 12.1 Å². The van der Waals surface area contributed by atoms with Crippen LogP contribution in [0, 0.1) is 6.92 Å². The second kappa shape index (κ2) is 6.98. The first-order valence-electron chi connectivity index (χ1n) is 5.91. The molecule has 0 saturated heterocycles. The zero-order valence-corrected chi connectivity index (χ0v) is 12.1. The highest BCUT2D eigenvalue weighted by Gasteiger charge is 2.06. The van der Waals surface area contributed by atoms with Crippen LogP contribution in [-0.4, -0.2) is 18.8 Å². The van der Waals surface area contributed by atoms with Gasteiger partial charge >= 0.3 is 0 Å². The lowest BCUT2D eigenvalue weighted by Gasteiger charge is -1.95. The molecule has 4 nitrogen and oxygen atoms in total. The third kappa shape index (κ3) is 5.34. The van der Waals surface area contributed by atoms with Crippen molar-refractivity contribution < 1.29 is 17.8 Å². The van der Waals surface area contributed by atoms with Gasteiger partial charge in [-0.3, -0.25) is 9.35 Å². The highest BCUT2D eigenvalue weighted by molar-refractivity contribution is 7.85. The average Bonchev–Trinajstić information content (AvgIpc) is 2.40. The van der Waals surface area contributed by atoms with Crippen molar-refractivity contribution in [1.29, 1.82) is 0 Å². The summed E-state index contributed by atoms with van der Waals surface area (Å²) in [6, 6.07) is 15.2. The standard InChI is InChI=1S/C8H8O.C7H8O3S/c1-7(9)8-5-3-2-4-6-8;1-6-2-4-7(5-3-6)11(8,9)10/h2-6H,1H3;2-5H,1H3,(H,8,9,10). The minimum Gasteiger partial charge on any atom is -0.295 e. The van der Waals surface area contributed by atoms with E-state index >= 15 is 0 Å². The molecule has 2 rings (SSSR count). The van der Waals surface area contributed by atoms with Crippen LogP contribution in [0.2, 0.25) is 0 Å². The van der Waals surface area contributed by atoms with Crippen LogP contribution in [-0.2, 0) is 10.1 Å². The van der Waals surface area contributed by atoms with Crippen molar-refractivity contribution in [3.63, 3.8) is 0 Å². The first-order chi connectivity index (χ1) is 9.30. The highest BCUT2D eigenvalue weighted by atomic mass is 32.2. The van der Waals surface area contributed by atoms with Crippen LogP contribution < -0.4 is 0 Å². The molecule has 0 radical (unpaired) electrons. The summed E-state index contributed by atoms with van der Waals surface area (Å²) in [7, 11) is -4.02. The van der Waals surface area contributed by atoms with Crippen LogP contribution in [0.25, 0.3) is 0 Å². The van der Waals surface area contributed by atoms with Gasteiger partial charge in [0.25, 0.3) is 10.1 Å². The maximum absolute atomic E-state index is 10.6. The van der Waals surface area contributed by atoms with Crippen LogP contribution in [0.15, 0.2) is 59.5 Å². The van der Waals surface area contributed by atoms with E-state index in [0.29, 0.717) is 0 Å². The van der Waals surface area contributed by atoms with Gasteiger partial charge in [-0.15, -0.1) is 0 Å². The molecule has 106 valence electrons. The maximum Gasteiger partial charge on any atom is 0.294 e. The molecule has 0 amide bonds. The normalized spacial score (nSPS) is 10.3. The van der Waals surface area contributed by atoms with Crippen molar-refractivity contribution in [2.75, 3.05) is 0 Å². The van der Waals surface area contributed by atoms with Crippen molar-refractivity contribution in [1.82, 2.24) is 0 Å². The molecule has 0 aromatic heterocycles. The van der Waals surface area contributed by atoms with Gasteiger partial charge in [0.05, 0.1) is 4.90 Å². The van der Waals surface area contributed by atoms with E-state index in [-0.39, 0.29) is 10.7 Å². The third-order valence-electron chi connectivity index (χ3n) is 2.50. The lowest BCUT2D eigenvalue weighted by Crippen LogP contribution is -1.96. The number of hydrogen-bond donors (Lipinski definition) is 1. The fraction of sp³-hybridized carbons (Fsp3) is 0.133. The number of aryl methyl sites for hydroxylation is 1. The average molecular weight is 292 g/mol. The molecule has 0 aliphatic carbocycles. The monoisotopic (exact) mass is 292 g/mol. The molecular formula is C15H16O4S. The van der Waals surface area contributed by atoms with Gasteiger partial charge in [-0.25, -0.2) is 0 Å². The Hall–Kier alpha value is -1.98. The molecule has 0 unspecified atom stereocenters. The lowest BCUT2D eigenvalue weighted by molar-refractivity contribution is 0.101. The zero-order chi connectivity index (χ0) is 15.2. The van der Waals surface area contributed by atoms with Crippen LogP contribution in [0.1, 0.15) is 22.8 Å². The number of benzene rings is 2. The van der Waals surface area contributed by atoms with E-state index in [2.05, 4.69) is 0 Å². The summed E-state index contributed by atoms with van der Waals surface area (Å²) in [5.41, 5.74) is 1.73. The molecule has 0 spiro atoms. The molecule has 0 aliphatic heterocycles. The van der Waals surface area contributed by atoms with E-state index in [1.807, 2.05) is 37.3 Å². The van der Waals surface area contributed by atoms with E-state index in [0.717, 1.165) is 11.1 Å². The predicted molar refractivity (Wildman–Crippen MR) is 77.4 cm³/mol. The summed E-state index contributed by atoms with van der Waals surface area (Å²) in [6.45, 7) is 3.41. The van der Waals surface area contributed by atoms with Gasteiger partial charge in [0.2, 0.25) is 0 Å². The second-order valence-corrected chi connectivity index (χ2v) is 5.63. The quantitative estimate of drug-likeness (QED) is 0.682. The Labute approximate surface area is 118 Å². The van der Waals surface area contributed by atoms with Gasteiger partial charge in [0, 0.05) is 5.56 Å². The zero-order valence-electron chi connectivity index (χ0n) is 11.3. The second-order valence-electron chi connectivity index (χ2n) is 4.21. The van der Waals surface area contributed by atoms with Crippen LogP contribution >= 0.6 is 0 Å². The molecule has 0 bridgehead atoms. The van der Waals surface area contributed by atoms with Crippen LogP contribution in [0.4, 0.5) is 0 Å². The topological polar surface area (TPSA) is 71.4 Å². The number of carbonyl (C=O) groups excluding carboxylic acids is 1. The summed E-state index contributed by atoms with van der Waals surface area (Å²) in [6.07, 6.45) is 0. The Morgan fingerprint density at radius 1 is 0.950 bits per heavy atom. The number of ketones is 1. The third-order valence-corrected chi connectivity index (χ3v) is 3.37. The fourth-order valence-corrected chi connectivity index (χ4v) is 1.86. The Balaban J connectivity index is 0.000000204. The molecule has 1 N–H and O–H groups in total. The number of hydrogen-bond acceptors (Lipinski definition) is 3. The minimum absolute atomic E-state index is 0.0666. The summed E-state index contributed by atoms with van der Waals surface area (Å²) in [5, 5.41) is 0. The Morgan fingerprint density at radius 3 is 1.80 bits per heavy atom. The minimum atomic E-state index is -4.02. The van der Waals surface area contributed by atoms with E-state index in [1.54, 1.807) is 19.1 Å². The van der Waals surface area contributed by atoms with Gasteiger partial charge in [-0.05, 0) is 26.0 Å². The van der Waals surface area contributed by atoms with E-state index in [4.69, 9.17) is 4.55 Å². The smallest absolute Gasteiger partial charge is 0.294 e. The van der Waals surface area contributed by atoms with Gasteiger partial charge in [0.1, 0.15) is 0 Å². The summed E-state index contributed by atoms with van der Waals surface area (Å²) < 4.78 is 29.6. The predicted octanol–water partition coefficient (Wildman–Crippen LogP) is 3.13. The molecule has 20 heavy (non-hydrogen) atoms. The van der Waals surface area contributed by atoms with Crippen molar-refractivity contribution in [3.05, 3.63) is 65.7 Å². The molecule has 0 saturated carbocycles. The van der Waals surface area contributed by atoms with E-state index < -0.39 is 10.1 Å². The van der Waals surface area contributed by atoms with Gasteiger partial charge in [-0.2, -0.15) is 8.42 Å². The van der Waals surface area contributed by atoms with Gasteiger partial charge in [-0.1, -0.05) is 48.0 Å². The lowest BCUT2D eigenvalue weighted by atomic mass is 10.2. The van der Waals surface area contributed by atoms with Crippen molar-refractivity contribution >= 4 is 15.9 Å². The van der Waals surface area contributed by atoms with E-state index in [9.17, 15) is 13.2 Å². The molecular weight excluding hydrogens is 276 g/mol. The molecule has 2 aromatic carbocycles. The first kappa shape index (κ1) is 16.1. The summed E-state index contributed by atoms with van der Waals surface area (Å²) >= 11 is 0.